The van der Waals surface area contributed by atoms with Gasteiger partial charge in [-0.05, 0) is 31.0 Å². The van der Waals surface area contributed by atoms with E-state index in [9.17, 15) is 14.7 Å². The van der Waals surface area contributed by atoms with E-state index >= 15 is 0 Å². The lowest BCUT2D eigenvalue weighted by atomic mass is 10.2. The highest BCUT2D eigenvalue weighted by atomic mass is 16.5. The SMILES string of the molecule is COc1ccc(O)c(C(=O)OCC(=O)NC2CC2)c1. The first-order chi connectivity index (χ1) is 9.10. The molecule has 0 unspecified atom stereocenters. The lowest BCUT2D eigenvalue weighted by Crippen LogP contribution is -2.30. The zero-order valence-corrected chi connectivity index (χ0v) is 10.5. The van der Waals surface area contributed by atoms with Crippen molar-refractivity contribution in [3.8, 4) is 11.5 Å². The van der Waals surface area contributed by atoms with Gasteiger partial charge in [-0.1, -0.05) is 0 Å². The van der Waals surface area contributed by atoms with E-state index in [1.54, 1.807) is 0 Å². The number of benzene rings is 1. The van der Waals surface area contributed by atoms with Crippen LogP contribution in [-0.2, 0) is 9.53 Å². The second kappa shape index (κ2) is 5.60. The van der Waals surface area contributed by atoms with Gasteiger partial charge in [0.25, 0.3) is 5.91 Å². The molecule has 0 bridgehead atoms. The minimum Gasteiger partial charge on any atom is -0.507 e. The van der Waals surface area contributed by atoms with Gasteiger partial charge in [-0.25, -0.2) is 4.79 Å². The summed E-state index contributed by atoms with van der Waals surface area (Å²) in [5.41, 5.74) is -0.0291. The molecule has 0 spiro atoms. The number of hydrogen-bond acceptors (Lipinski definition) is 5. The van der Waals surface area contributed by atoms with Crippen LogP contribution in [-0.4, -0.2) is 36.7 Å². The van der Waals surface area contributed by atoms with E-state index in [1.807, 2.05) is 0 Å². The van der Waals surface area contributed by atoms with Crippen molar-refractivity contribution >= 4 is 11.9 Å². The van der Waals surface area contributed by atoms with Gasteiger partial charge in [-0.15, -0.1) is 0 Å². The molecule has 0 aromatic heterocycles. The molecule has 1 saturated carbocycles. The molecule has 2 rings (SSSR count). The summed E-state index contributed by atoms with van der Waals surface area (Å²) in [5.74, 6) is -0.888. The normalized spacial score (nSPS) is 13.7. The average molecular weight is 265 g/mol. The summed E-state index contributed by atoms with van der Waals surface area (Å²) < 4.78 is 9.78. The number of carbonyl (C=O) groups is 2. The van der Waals surface area contributed by atoms with E-state index in [4.69, 9.17) is 9.47 Å². The summed E-state index contributed by atoms with van der Waals surface area (Å²) in [4.78, 5) is 23.1. The molecule has 1 aliphatic carbocycles. The molecule has 2 N–H and O–H groups in total. The molecule has 1 fully saturated rings. The predicted molar refractivity (Wildman–Crippen MR) is 66.1 cm³/mol. The van der Waals surface area contributed by atoms with E-state index in [0.29, 0.717) is 5.75 Å². The van der Waals surface area contributed by atoms with Gasteiger partial charge < -0.3 is 19.9 Å². The van der Waals surface area contributed by atoms with E-state index in [2.05, 4.69) is 5.32 Å². The first-order valence-corrected chi connectivity index (χ1v) is 5.93. The third-order valence-electron chi connectivity index (χ3n) is 2.70. The Morgan fingerprint density at radius 3 is 2.79 bits per heavy atom. The molecule has 6 heteroatoms. The number of aromatic hydroxyl groups is 1. The van der Waals surface area contributed by atoms with Crippen LogP contribution in [0, 0.1) is 0 Å². The maximum Gasteiger partial charge on any atom is 0.342 e. The molecule has 19 heavy (non-hydrogen) atoms. The first-order valence-electron chi connectivity index (χ1n) is 5.93. The zero-order chi connectivity index (χ0) is 13.8. The molecule has 102 valence electrons. The number of hydrogen-bond donors (Lipinski definition) is 2. The summed E-state index contributed by atoms with van der Waals surface area (Å²) in [5, 5.41) is 12.3. The van der Waals surface area contributed by atoms with Gasteiger partial charge in [0.05, 0.1) is 7.11 Å². The van der Waals surface area contributed by atoms with E-state index in [0.717, 1.165) is 12.8 Å². The molecular formula is C13H15NO5. The number of phenols is 1. The molecule has 6 nitrogen and oxygen atoms in total. The van der Waals surface area contributed by atoms with Gasteiger partial charge in [-0.2, -0.15) is 0 Å². The number of nitrogens with one attached hydrogen (secondary N) is 1. The van der Waals surface area contributed by atoms with Crippen molar-refractivity contribution in [3.05, 3.63) is 23.8 Å². The molecule has 1 aliphatic rings. The van der Waals surface area contributed by atoms with Crippen LogP contribution >= 0.6 is 0 Å². The lowest BCUT2D eigenvalue weighted by molar-refractivity contribution is -0.124. The van der Waals surface area contributed by atoms with E-state index in [1.165, 1.54) is 25.3 Å². The summed E-state index contributed by atoms with van der Waals surface area (Å²) in [6, 6.07) is 4.43. The van der Waals surface area contributed by atoms with Crippen molar-refractivity contribution in [2.75, 3.05) is 13.7 Å². The highest BCUT2D eigenvalue weighted by molar-refractivity contribution is 5.94. The number of carbonyl (C=O) groups excluding carboxylic acids is 2. The largest absolute Gasteiger partial charge is 0.507 e. The highest BCUT2D eigenvalue weighted by Crippen LogP contribution is 2.23. The fourth-order valence-corrected chi connectivity index (χ4v) is 1.51. The van der Waals surface area contributed by atoms with Crippen molar-refractivity contribution in [1.82, 2.24) is 5.32 Å². The number of ether oxygens (including phenoxy) is 2. The Balaban J connectivity index is 1.92. The summed E-state index contributed by atoms with van der Waals surface area (Å²) >= 11 is 0. The van der Waals surface area contributed by atoms with Gasteiger partial charge >= 0.3 is 5.97 Å². The Bertz CT molecular complexity index is 496. The smallest absolute Gasteiger partial charge is 0.342 e. The molecular weight excluding hydrogens is 250 g/mol. The number of esters is 1. The van der Waals surface area contributed by atoms with E-state index < -0.39 is 5.97 Å². The third-order valence-corrected chi connectivity index (χ3v) is 2.70. The lowest BCUT2D eigenvalue weighted by Gasteiger charge is -2.08. The highest BCUT2D eigenvalue weighted by Gasteiger charge is 2.24. The Morgan fingerprint density at radius 1 is 1.42 bits per heavy atom. The minimum atomic E-state index is -0.762. The second-order valence-electron chi connectivity index (χ2n) is 4.30. The summed E-state index contributed by atoms with van der Waals surface area (Å²) in [6.07, 6.45) is 1.94. The van der Waals surface area contributed by atoms with Crippen molar-refractivity contribution in [2.24, 2.45) is 0 Å². The van der Waals surface area contributed by atoms with Crippen LogP contribution < -0.4 is 10.1 Å². The summed E-state index contributed by atoms with van der Waals surface area (Å²) in [7, 11) is 1.45. The van der Waals surface area contributed by atoms with Gasteiger partial charge in [0.1, 0.15) is 17.1 Å². The topological polar surface area (TPSA) is 84.9 Å². The van der Waals surface area contributed by atoms with Crippen LogP contribution in [0.5, 0.6) is 11.5 Å². The molecule has 0 aliphatic heterocycles. The fraction of sp³-hybridized carbons (Fsp3) is 0.385. The number of phenolic OH excluding ortho intramolecular Hbond substituents is 1. The van der Waals surface area contributed by atoms with Gasteiger partial charge in [-0.3, -0.25) is 4.79 Å². The quantitative estimate of drug-likeness (QED) is 0.770. The molecule has 0 atom stereocenters. The molecule has 1 amide bonds. The van der Waals surface area contributed by atoms with Crippen LogP contribution in [0.2, 0.25) is 0 Å². The van der Waals surface area contributed by atoms with Crippen molar-refractivity contribution < 1.29 is 24.2 Å². The van der Waals surface area contributed by atoms with Crippen LogP contribution in [0.1, 0.15) is 23.2 Å². The van der Waals surface area contributed by atoms with Crippen LogP contribution in [0.25, 0.3) is 0 Å². The van der Waals surface area contributed by atoms with Gasteiger partial charge in [0.2, 0.25) is 0 Å². The minimum absolute atomic E-state index is 0.0291. The first kappa shape index (κ1) is 13.2. The van der Waals surface area contributed by atoms with Crippen LogP contribution in [0.15, 0.2) is 18.2 Å². The molecule has 1 aromatic carbocycles. The number of amides is 1. The molecule has 0 saturated heterocycles. The van der Waals surface area contributed by atoms with Crippen molar-refractivity contribution in [3.63, 3.8) is 0 Å². The van der Waals surface area contributed by atoms with Gasteiger partial charge in [0.15, 0.2) is 6.61 Å². The Hall–Kier alpha value is -2.24. The zero-order valence-electron chi connectivity index (χ0n) is 10.5. The molecule has 0 radical (unpaired) electrons. The van der Waals surface area contributed by atoms with Crippen LogP contribution in [0.3, 0.4) is 0 Å². The summed E-state index contributed by atoms with van der Waals surface area (Å²) in [6.45, 7) is -0.355. The van der Waals surface area contributed by atoms with E-state index in [-0.39, 0.29) is 29.9 Å². The van der Waals surface area contributed by atoms with Crippen molar-refractivity contribution in [2.45, 2.75) is 18.9 Å². The maximum atomic E-state index is 11.7. The Labute approximate surface area is 110 Å². The third kappa shape index (κ3) is 3.61. The molecule has 0 heterocycles. The number of rotatable bonds is 5. The molecule has 1 aromatic rings. The second-order valence-corrected chi connectivity index (χ2v) is 4.30. The number of methoxy groups -OCH3 is 1. The Morgan fingerprint density at radius 2 is 2.16 bits per heavy atom. The monoisotopic (exact) mass is 265 g/mol. The predicted octanol–water partition coefficient (Wildman–Crippen LogP) is 0.836. The fourth-order valence-electron chi connectivity index (χ4n) is 1.51. The average Bonchev–Trinajstić information content (AvgIpc) is 3.20. The van der Waals surface area contributed by atoms with Crippen molar-refractivity contribution in [1.29, 1.82) is 0 Å². The maximum absolute atomic E-state index is 11.7. The Kier molecular flexibility index (Phi) is 3.89. The standard InChI is InChI=1S/C13H15NO5/c1-18-9-4-5-11(15)10(6-9)13(17)19-7-12(16)14-8-2-3-8/h4-6,8,15H,2-3,7H2,1H3,(H,14,16). The van der Waals surface area contributed by atoms with Crippen LogP contribution in [0.4, 0.5) is 0 Å². The van der Waals surface area contributed by atoms with Gasteiger partial charge in [0, 0.05) is 6.04 Å².